The third-order valence-corrected chi connectivity index (χ3v) is 3.79. The maximum absolute atomic E-state index is 10.7. The fourth-order valence-electron chi connectivity index (χ4n) is 0.648. The first-order chi connectivity index (χ1) is 5.71. The minimum atomic E-state index is -2.88. The Labute approximate surface area is 84.6 Å². The van der Waals surface area contributed by atoms with E-state index in [0.29, 0.717) is 12.4 Å². The summed E-state index contributed by atoms with van der Waals surface area (Å²) < 4.78 is 26.9. The molecule has 0 aliphatic carbocycles. The Hall–Kier alpha value is 0.260. The first-order valence-electron chi connectivity index (χ1n) is 4.19. The van der Waals surface area contributed by atoms with Crippen LogP contribution in [0.25, 0.3) is 0 Å². The van der Waals surface area contributed by atoms with Crippen molar-refractivity contribution in [1.29, 1.82) is 0 Å². The van der Waals surface area contributed by atoms with E-state index in [9.17, 15) is 8.42 Å². The highest BCUT2D eigenvalue weighted by Crippen LogP contribution is 2.12. The molecular formula is C8H18O3S2. The van der Waals surface area contributed by atoms with E-state index in [0.717, 1.165) is 17.2 Å². The van der Waals surface area contributed by atoms with Crippen LogP contribution in [-0.2, 0) is 13.6 Å². The van der Waals surface area contributed by atoms with Crippen LogP contribution >= 0.6 is 10.8 Å². The van der Waals surface area contributed by atoms with E-state index in [1.807, 2.05) is 20.8 Å². The smallest absolute Gasteiger partial charge is 0.198 e. The van der Waals surface area contributed by atoms with Crippen molar-refractivity contribution >= 4 is 19.7 Å². The zero-order chi connectivity index (χ0) is 10.5. The minimum Gasteiger partial charge on any atom is -0.376 e. The molecule has 0 N–H and O–H groups in total. The summed E-state index contributed by atoms with van der Waals surface area (Å²) in [5, 5.41) is 0. The highest BCUT2D eigenvalue weighted by molar-refractivity contribution is 8.71. The summed E-state index contributed by atoms with van der Waals surface area (Å²) in [6.07, 6.45) is 2.00. The molecule has 0 amide bonds. The third kappa shape index (κ3) is 12.3. The van der Waals surface area contributed by atoms with Crippen LogP contribution in [0.15, 0.2) is 0 Å². The zero-order valence-electron chi connectivity index (χ0n) is 8.66. The number of ether oxygens (including phenoxy) is 1. The standard InChI is InChI=1S/C8H18O3S2/c1-8(2,3)11-6-5-7-12-13(4,9)10/h5-7H2,1-4H3. The van der Waals surface area contributed by atoms with Crippen LogP contribution in [-0.4, -0.2) is 32.6 Å². The number of hydrogen-bond donors (Lipinski definition) is 0. The Morgan fingerprint density at radius 3 is 2.23 bits per heavy atom. The molecule has 0 bridgehead atoms. The Morgan fingerprint density at radius 2 is 1.85 bits per heavy atom. The summed E-state index contributed by atoms with van der Waals surface area (Å²) in [5.74, 6) is 0.606. The maximum Gasteiger partial charge on any atom is 0.198 e. The van der Waals surface area contributed by atoms with Crippen molar-refractivity contribution in [1.82, 2.24) is 0 Å². The van der Waals surface area contributed by atoms with Crippen molar-refractivity contribution in [3.63, 3.8) is 0 Å². The lowest BCUT2D eigenvalue weighted by Crippen LogP contribution is -2.19. The number of rotatable bonds is 5. The van der Waals surface area contributed by atoms with E-state index in [2.05, 4.69) is 0 Å². The summed E-state index contributed by atoms with van der Waals surface area (Å²) in [7, 11) is -1.90. The molecule has 3 nitrogen and oxygen atoms in total. The SMILES string of the molecule is CC(C)(C)OCCCSS(C)(=O)=O. The van der Waals surface area contributed by atoms with Crippen molar-refractivity contribution in [2.75, 3.05) is 18.6 Å². The van der Waals surface area contributed by atoms with Crippen LogP contribution in [0, 0.1) is 0 Å². The van der Waals surface area contributed by atoms with Crippen molar-refractivity contribution < 1.29 is 13.2 Å². The van der Waals surface area contributed by atoms with Gasteiger partial charge in [-0.25, -0.2) is 8.42 Å². The second-order valence-corrected chi connectivity index (χ2v) is 8.42. The van der Waals surface area contributed by atoms with Crippen LogP contribution in [0.5, 0.6) is 0 Å². The molecule has 0 fully saturated rings. The fourth-order valence-corrected chi connectivity index (χ4v) is 2.45. The second kappa shape index (κ2) is 5.22. The largest absolute Gasteiger partial charge is 0.376 e. The fraction of sp³-hybridized carbons (Fsp3) is 1.00. The predicted octanol–water partition coefficient (Wildman–Crippen LogP) is 1.88. The Balaban J connectivity index is 3.39. The molecule has 0 aromatic rings. The molecule has 0 heterocycles. The molecule has 13 heavy (non-hydrogen) atoms. The normalized spacial score (nSPS) is 13.2. The van der Waals surface area contributed by atoms with Crippen LogP contribution in [0.4, 0.5) is 0 Å². The number of hydrogen-bond acceptors (Lipinski definition) is 4. The molecule has 0 aromatic heterocycles. The molecule has 0 aromatic carbocycles. The highest BCUT2D eigenvalue weighted by atomic mass is 33.1. The average molecular weight is 226 g/mol. The summed E-state index contributed by atoms with van der Waals surface area (Å²) >= 11 is 0. The second-order valence-electron chi connectivity index (χ2n) is 3.84. The van der Waals surface area contributed by atoms with E-state index in [4.69, 9.17) is 4.74 Å². The average Bonchev–Trinajstić information content (AvgIpc) is 1.81. The lowest BCUT2D eigenvalue weighted by atomic mass is 10.2. The van der Waals surface area contributed by atoms with Gasteiger partial charge in [0.25, 0.3) is 0 Å². The highest BCUT2D eigenvalue weighted by Gasteiger charge is 2.09. The lowest BCUT2D eigenvalue weighted by molar-refractivity contribution is -0.00194. The molecule has 0 aliphatic heterocycles. The predicted molar refractivity (Wildman–Crippen MR) is 57.6 cm³/mol. The molecule has 0 radical (unpaired) electrons. The molecule has 0 unspecified atom stereocenters. The van der Waals surface area contributed by atoms with Gasteiger partial charge in [0.05, 0.1) is 5.60 Å². The molecule has 0 spiro atoms. The van der Waals surface area contributed by atoms with Gasteiger partial charge >= 0.3 is 0 Å². The van der Waals surface area contributed by atoms with E-state index < -0.39 is 8.87 Å². The Kier molecular flexibility index (Phi) is 5.32. The van der Waals surface area contributed by atoms with Gasteiger partial charge in [-0.2, -0.15) is 0 Å². The zero-order valence-corrected chi connectivity index (χ0v) is 10.3. The van der Waals surface area contributed by atoms with Gasteiger partial charge < -0.3 is 4.74 Å². The topological polar surface area (TPSA) is 43.4 Å². The summed E-state index contributed by atoms with van der Waals surface area (Å²) in [5.41, 5.74) is -0.129. The van der Waals surface area contributed by atoms with Crippen LogP contribution in [0.3, 0.4) is 0 Å². The van der Waals surface area contributed by atoms with Gasteiger partial charge in [-0.05, 0) is 38.0 Å². The van der Waals surface area contributed by atoms with E-state index >= 15 is 0 Å². The molecular weight excluding hydrogens is 208 g/mol. The van der Waals surface area contributed by atoms with Crippen LogP contribution < -0.4 is 0 Å². The molecule has 0 aliphatic rings. The van der Waals surface area contributed by atoms with Crippen LogP contribution in [0.2, 0.25) is 0 Å². The van der Waals surface area contributed by atoms with Gasteiger partial charge in [-0.3, -0.25) is 0 Å². The first-order valence-corrected chi connectivity index (χ1v) is 7.58. The quantitative estimate of drug-likeness (QED) is 0.530. The van der Waals surface area contributed by atoms with Gasteiger partial charge in [-0.1, -0.05) is 0 Å². The minimum absolute atomic E-state index is 0.129. The van der Waals surface area contributed by atoms with Crippen LogP contribution in [0.1, 0.15) is 27.2 Å². The lowest BCUT2D eigenvalue weighted by Gasteiger charge is -2.19. The monoisotopic (exact) mass is 226 g/mol. The van der Waals surface area contributed by atoms with Gasteiger partial charge in [0.15, 0.2) is 8.87 Å². The molecule has 0 rings (SSSR count). The first kappa shape index (κ1) is 13.3. The molecule has 0 saturated heterocycles. The van der Waals surface area contributed by atoms with Gasteiger partial charge in [0.1, 0.15) is 0 Å². The molecule has 0 atom stereocenters. The van der Waals surface area contributed by atoms with Crippen molar-refractivity contribution in [3.05, 3.63) is 0 Å². The summed E-state index contributed by atoms with van der Waals surface area (Å²) in [6.45, 7) is 6.57. The summed E-state index contributed by atoms with van der Waals surface area (Å²) in [6, 6.07) is 0. The summed E-state index contributed by atoms with van der Waals surface area (Å²) in [4.78, 5) is 0. The van der Waals surface area contributed by atoms with E-state index in [1.54, 1.807) is 0 Å². The molecule has 5 heteroatoms. The molecule has 80 valence electrons. The Morgan fingerprint density at radius 1 is 1.31 bits per heavy atom. The van der Waals surface area contributed by atoms with Crippen molar-refractivity contribution in [2.45, 2.75) is 32.8 Å². The maximum atomic E-state index is 10.7. The molecule has 0 saturated carbocycles. The van der Waals surface area contributed by atoms with Crippen molar-refractivity contribution in [3.8, 4) is 0 Å². The van der Waals surface area contributed by atoms with Gasteiger partial charge in [0.2, 0.25) is 0 Å². The van der Waals surface area contributed by atoms with E-state index in [1.165, 1.54) is 6.26 Å². The third-order valence-electron chi connectivity index (χ3n) is 1.12. The Bertz CT molecular complexity index is 226. The van der Waals surface area contributed by atoms with Crippen molar-refractivity contribution in [2.24, 2.45) is 0 Å². The van der Waals surface area contributed by atoms with Gasteiger partial charge in [-0.15, -0.1) is 0 Å². The van der Waals surface area contributed by atoms with Gasteiger partial charge in [0, 0.05) is 18.6 Å². The van der Waals surface area contributed by atoms with E-state index in [-0.39, 0.29) is 5.60 Å².